The molecule has 0 atom stereocenters. The summed E-state index contributed by atoms with van der Waals surface area (Å²) in [6.45, 7) is 1.05. The van der Waals surface area contributed by atoms with Crippen LogP contribution in [0.5, 0.6) is 0 Å². The first-order valence-corrected chi connectivity index (χ1v) is 11.5. The maximum absolute atomic E-state index is 12.8. The predicted molar refractivity (Wildman–Crippen MR) is 135 cm³/mol. The molecule has 0 saturated carbocycles. The van der Waals surface area contributed by atoms with Gasteiger partial charge in [-0.25, -0.2) is 4.79 Å². The van der Waals surface area contributed by atoms with E-state index in [0.29, 0.717) is 10.6 Å². The lowest BCUT2D eigenvalue weighted by atomic mass is 10.1. The maximum Gasteiger partial charge on any atom is 0.330 e. The highest BCUT2D eigenvalue weighted by Crippen LogP contribution is 2.18. The monoisotopic (exact) mass is 512 g/mol. The van der Waals surface area contributed by atoms with Crippen LogP contribution in [0.3, 0.4) is 0 Å². The first kappa shape index (κ1) is 26.4. The number of halogens is 1. The SMILES string of the molecule is CCN(C(=O)COC(=O)CCC(=O)c1ccc(Cl)cc1)c1c(N)n(Cc2ccccc2)c(=O)[nH]c1=O. The average Bonchev–Trinajstić information content (AvgIpc) is 2.87. The smallest absolute Gasteiger partial charge is 0.330 e. The van der Waals surface area contributed by atoms with Crippen LogP contribution < -0.4 is 21.9 Å². The van der Waals surface area contributed by atoms with E-state index in [0.717, 1.165) is 15.0 Å². The molecule has 0 spiro atoms. The Bertz CT molecular complexity index is 1370. The molecule has 0 saturated heterocycles. The molecular formula is C25H25ClN4O6. The van der Waals surface area contributed by atoms with Crippen molar-refractivity contribution in [1.82, 2.24) is 9.55 Å². The molecule has 0 fully saturated rings. The quantitative estimate of drug-likeness (QED) is 0.313. The zero-order valence-electron chi connectivity index (χ0n) is 19.5. The molecule has 1 aromatic heterocycles. The van der Waals surface area contributed by atoms with Gasteiger partial charge in [0.1, 0.15) is 5.82 Å². The number of ketones is 1. The number of hydrogen-bond acceptors (Lipinski definition) is 7. The molecule has 3 N–H and O–H groups in total. The van der Waals surface area contributed by atoms with E-state index < -0.39 is 29.7 Å². The van der Waals surface area contributed by atoms with Gasteiger partial charge in [-0.05, 0) is 36.8 Å². The molecule has 0 aliphatic carbocycles. The van der Waals surface area contributed by atoms with Crippen molar-refractivity contribution in [3.05, 3.63) is 91.6 Å². The molecule has 0 bridgehead atoms. The van der Waals surface area contributed by atoms with Gasteiger partial charge in [0.05, 0.1) is 13.0 Å². The van der Waals surface area contributed by atoms with Crippen molar-refractivity contribution in [3.63, 3.8) is 0 Å². The van der Waals surface area contributed by atoms with Crippen LogP contribution in [0.25, 0.3) is 0 Å². The lowest BCUT2D eigenvalue weighted by molar-refractivity contribution is -0.147. The van der Waals surface area contributed by atoms with E-state index >= 15 is 0 Å². The number of carbonyl (C=O) groups is 3. The summed E-state index contributed by atoms with van der Waals surface area (Å²) in [6, 6.07) is 15.2. The number of likely N-dealkylation sites (N-methyl/N-ethyl adjacent to an activating group) is 1. The van der Waals surface area contributed by atoms with Crippen LogP contribution in [-0.4, -0.2) is 40.4 Å². The van der Waals surface area contributed by atoms with E-state index in [1.165, 1.54) is 0 Å². The predicted octanol–water partition coefficient (Wildman–Crippen LogP) is 2.38. The van der Waals surface area contributed by atoms with Crippen LogP contribution >= 0.6 is 11.6 Å². The lowest BCUT2D eigenvalue weighted by Gasteiger charge is -2.23. The summed E-state index contributed by atoms with van der Waals surface area (Å²) in [5.74, 6) is -1.93. The van der Waals surface area contributed by atoms with Crippen molar-refractivity contribution in [3.8, 4) is 0 Å². The van der Waals surface area contributed by atoms with Gasteiger partial charge >= 0.3 is 11.7 Å². The highest BCUT2D eigenvalue weighted by atomic mass is 35.5. The second kappa shape index (κ2) is 12.0. The van der Waals surface area contributed by atoms with Gasteiger partial charge in [0.25, 0.3) is 11.5 Å². The number of hydrogen-bond donors (Lipinski definition) is 2. The van der Waals surface area contributed by atoms with Crippen LogP contribution in [0, 0.1) is 0 Å². The summed E-state index contributed by atoms with van der Waals surface area (Å²) in [4.78, 5) is 65.3. The Kier molecular flexibility index (Phi) is 8.80. The van der Waals surface area contributed by atoms with Crippen LogP contribution in [0.15, 0.2) is 64.2 Å². The van der Waals surface area contributed by atoms with Crippen LogP contribution in [0.2, 0.25) is 5.02 Å². The highest BCUT2D eigenvalue weighted by Gasteiger charge is 2.24. The van der Waals surface area contributed by atoms with Crippen molar-refractivity contribution >= 4 is 40.8 Å². The van der Waals surface area contributed by atoms with Gasteiger partial charge in [-0.2, -0.15) is 0 Å². The molecule has 0 aliphatic rings. The van der Waals surface area contributed by atoms with Gasteiger partial charge in [0, 0.05) is 23.6 Å². The normalized spacial score (nSPS) is 10.6. The first-order valence-electron chi connectivity index (χ1n) is 11.1. The number of H-pyrrole nitrogens is 1. The van der Waals surface area contributed by atoms with Gasteiger partial charge < -0.3 is 15.4 Å². The molecule has 0 unspecified atom stereocenters. The number of nitrogens with one attached hydrogen (secondary N) is 1. The fourth-order valence-corrected chi connectivity index (χ4v) is 3.63. The Morgan fingerprint density at radius 2 is 1.69 bits per heavy atom. The minimum atomic E-state index is -0.836. The van der Waals surface area contributed by atoms with Gasteiger partial charge in [0.15, 0.2) is 18.1 Å². The highest BCUT2D eigenvalue weighted by molar-refractivity contribution is 6.30. The van der Waals surface area contributed by atoms with Crippen molar-refractivity contribution in [1.29, 1.82) is 0 Å². The summed E-state index contributed by atoms with van der Waals surface area (Å²) in [6.07, 6.45) is -0.339. The number of ether oxygens (including phenoxy) is 1. The number of aromatic amines is 1. The Balaban J connectivity index is 1.67. The molecule has 1 amide bonds. The Morgan fingerprint density at radius 1 is 1.03 bits per heavy atom. The number of carbonyl (C=O) groups excluding carboxylic acids is 3. The molecule has 0 radical (unpaired) electrons. The third kappa shape index (κ3) is 6.48. The second-order valence-corrected chi connectivity index (χ2v) is 8.23. The Hall–Kier alpha value is -4.18. The minimum absolute atomic E-state index is 0.0300. The maximum atomic E-state index is 12.8. The molecule has 10 nitrogen and oxygen atoms in total. The van der Waals surface area contributed by atoms with Gasteiger partial charge in [-0.15, -0.1) is 0 Å². The van der Waals surface area contributed by atoms with Crippen LogP contribution in [0.1, 0.15) is 35.7 Å². The Morgan fingerprint density at radius 3 is 2.33 bits per heavy atom. The number of esters is 1. The van der Waals surface area contributed by atoms with Crippen LogP contribution in [-0.2, 0) is 20.9 Å². The summed E-state index contributed by atoms with van der Waals surface area (Å²) in [7, 11) is 0. The molecule has 3 rings (SSSR count). The molecule has 11 heteroatoms. The minimum Gasteiger partial charge on any atom is -0.456 e. The van der Waals surface area contributed by atoms with E-state index in [1.54, 1.807) is 55.5 Å². The molecule has 1 heterocycles. The Labute approximate surface area is 211 Å². The van der Waals surface area contributed by atoms with E-state index in [1.807, 2.05) is 6.07 Å². The molecule has 2 aromatic carbocycles. The standard InChI is InChI=1S/C25H25ClN4O6/c1-2-29(20(32)15-36-21(33)13-12-19(31)17-8-10-18(26)11-9-17)22-23(27)30(25(35)28-24(22)34)14-16-6-4-3-5-7-16/h3-11H,2,12-15,27H2,1H3,(H,28,34,35). The number of amides is 1. The zero-order valence-corrected chi connectivity index (χ0v) is 20.3. The van der Waals surface area contributed by atoms with Gasteiger partial charge in [-0.3, -0.25) is 28.7 Å². The number of aromatic nitrogens is 2. The third-order valence-corrected chi connectivity index (χ3v) is 5.62. The fourth-order valence-electron chi connectivity index (χ4n) is 3.51. The number of Topliss-reactive ketones (excluding diaryl/α,β-unsaturated/α-hetero) is 1. The molecule has 0 aliphatic heterocycles. The number of nitrogens with two attached hydrogens (primary N) is 1. The summed E-state index contributed by atoms with van der Waals surface area (Å²) in [5.41, 5.74) is 5.54. The van der Waals surface area contributed by atoms with Crippen molar-refractivity contribution in [2.45, 2.75) is 26.3 Å². The summed E-state index contributed by atoms with van der Waals surface area (Å²) in [5, 5.41) is 0.486. The zero-order chi connectivity index (χ0) is 26.2. The van der Waals surface area contributed by atoms with Crippen molar-refractivity contribution in [2.75, 3.05) is 23.8 Å². The number of nitrogen functional groups attached to an aromatic ring is 1. The second-order valence-electron chi connectivity index (χ2n) is 7.79. The molecule has 188 valence electrons. The van der Waals surface area contributed by atoms with E-state index in [9.17, 15) is 24.0 Å². The lowest BCUT2D eigenvalue weighted by Crippen LogP contribution is -2.42. The molecular weight excluding hydrogens is 488 g/mol. The fraction of sp³-hybridized carbons (Fsp3) is 0.240. The number of benzene rings is 2. The third-order valence-electron chi connectivity index (χ3n) is 5.36. The number of anilines is 2. The van der Waals surface area contributed by atoms with E-state index in [2.05, 4.69) is 4.98 Å². The largest absolute Gasteiger partial charge is 0.456 e. The number of rotatable bonds is 10. The average molecular weight is 513 g/mol. The molecule has 36 heavy (non-hydrogen) atoms. The van der Waals surface area contributed by atoms with Crippen molar-refractivity contribution in [2.24, 2.45) is 0 Å². The first-order chi connectivity index (χ1) is 17.2. The van der Waals surface area contributed by atoms with E-state index in [4.69, 9.17) is 22.1 Å². The number of nitrogens with zero attached hydrogens (tertiary/aromatic N) is 2. The van der Waals surface area contributed by atoms with E-state index in [-0.39, 0.29) is 43.2 Å². The topological polar surface area (TPSA) is 145 Å². The van der Waals surface area contributed by atoms with Crippen molar-refractivity contribution < 1.29 is 19.1 Å². The van der Waals surface area contributed by atoms with Gasteiger partial charge in [0.2, 0.25) is 0 Å². The van der Waals surface area contributed by atoms with Crippen LogP contribution in [0.4, 0.5) is 11.5 Å². The summed E-state index contributed by atoms with van der Waals surface area (Å²) >= 11 is 5.80. The molecule has 3 aromatic rings. The van der Waals surface area contributed by atoms with Gasteiger partial charge in [-0.1, -0.05) is 41.9 Å². The summed E-state index contributed by atoms with van der Waals surface area (Å²) < 4.78 is 6.17.